The van der Waals surface area contributed by atoms with Gasteiger partial charge in [0.05, 0.1) is 31.3 Å². The first kappa shape index (κ1) is 26.5. The van der Waals surface area contributed by atoms with Gasteiger partial charge in [0.1, 0.15) is 11.7 Å². The second-order valence-electron chi connectivity index (χ2n) is 9.40. The van der Waals surface area contributed by atoms with E-state index in [1.54, 1.807) is 0 Å². The quantitative estimate of drug-likeness (QED) is 0.306. The third-order valence-electron chi connectivity index (χ3n) is 6.83. The van der Waals surface area contributed by atoms with Crippen LogP contribution in [0.15, 0.2) is 46.8 Å². The highest BCUT2D eigenvalue weighted by atomic mass is 16.5. The van der Waals surface area contributed by atoms with Gasteiger partial charge in [0.2, 0.25) is 0 Å². The summed E-state index contributed by atoms with van der Waals surface area (Å²) in [5, 5.41) is 3.30. The number of ketones is 1. The zero-order valence-corrected chi connectivity index (χ0v) is 21.6. The molecule has 0 unspecified atom stereocenters. The van der Waals surface area contributed by atoms with Crippen molar-refractivity contribution in [2.45, 2.75) is 72.3 Å². The van der Waals surface area contributed by atoms with E-state index < -0.39 is 23.8 Å². The number of allylic oxidation sites excluding steroid dienone is 3. The molecule has 7 heteroatoms. The minimum absolute atomic E-state index is 0.237. The van der Waals surface area contributed by atoms with Crippen molar-refractivity contribution in [3.05, 3.63) is 52.4 Å². The fraction of sp³-hybridized carbons (Fsp3) is 0.536. The minimum atomic E-state index is -0.929. The number of nitrogens with one attached hydrogen (secondary N) is 1. The number of dihydropyridines is 1. The topological polar surface area (TPSA) is 90.9 Å². The van der Waals surface area contributed by atoms with Crippen molar-refractivity contribution < 1.29 is 28.6 Å². The zero-order valence-electron chi connectivity index (χ0n) is 21.6. The third-order valence-corrected chi connectivity index (χ3v) is 6.83. The Balaban J connectivity index is 2.18. The van der Waals surface area contributed by atoms with E-state index >= 15 is 0 Å². The molecule has 0 spiro atoms. The molecule has 0 saturated heterocycles. The maximum atomic E-state index is 13.9. The van der Waals surface area contributed by atoms with E-state index in [9.17, 15) is 14.4 Å². The fourth-order valence-electron chi connectivity index (χ4n) is 4.77. The highest BCUT2D eigenvalue weighted by molar-refractivity contribution is 6.12. The number of ether oxygens (including phenoxy) is 3. The normalized spacial score (nSPS) is 22.8. The van der Waals surface area contributed by atoms with E-state index in [1.807, 2.05) is 52.0 Å². The maximum Gasteiger partial charge on any atom is 0.337 e. The van der Waals surface area contributed by atoms with Gasteiger partial charge in [0.15, 0.2) is 5.78 Å². The number of methoxy groups -OCH3 is 1. The summed E-state index contributed by atoms with van der Waals surface area (Å²) in [7, 11) is 1.29. The first-order valence-electron chi connectivity index (χ1n) is 12.5. The molecule has 0 radical (unpaired) electrons. The number of hydrogen-bond acceptors (Lipinski definition) is 7. The molecule has 1 aromatic rings. The molecule has 2 aliphatic rings. The number of hydrogen-bond donors (Lipinski definition) is 1. The van der Waals surface area contributed by atoms with E-state index in [-0.39, 0.29) is 17.8 Å². The highest BCUT2D eigenvalue weighted by Crippen LogP contribution is 2.47. The van der Waals surface area contributed by atoms with E-state index in [2.05, 4.69) is 12.2 Å². The molecule has 35 heavy (non-hydrogen) atoms. The van der Waals surface area contributed by atoms with E-state index in [0.29, 0.717) is 47.6 Å². The van der Waals surface area contributed by atoms with Crippen LogP contribution in [0.4, 0.5) is 0 Å². The molecule has 7 nitrogen and oxygen atoms in total. The van der Waals surface area contributed by atoms with Gasteiger partial charge >= 0.3 is 11.9 Å². The van der Waals surface area contributed by atoms with Gasteiger partial charge in [0.25, 0.3) is 0 Å². The zero-order chi connectivity index (χ0) is 25.7. The van der Waals surface area contributed by atoms with Gasteiger partial charge in [-0.25, -0.2) is 4.79 Å². The van der Waals surface area contributed by atoms with Crippen LogP contribution in [0.3, 0.4) is 0 Å². The molecule has 190 valence electrons. The monoisotopic (exact) mass is 483 g/mol. The summed E-state index contributed by atoms with van der Waals surface area (Å²) in [6.45, 7) is 10.1. The molecular formula is C28H37NO6. The van der Waals surface area contributed by atoms with Crippen LogP contribution < -0.4 is 10.1 Å². The summed E-state index contributed by atoms with van der Waals surface area (Å²) in [4.78, 5) is 39.9. The van der Waals surface area contributed by atoms with Crippen molar-refractivity contribution in [1.29, 1.82) is 0 Å². The molecule has 0 bridgehead atoms. The van der Waals surface area contributed by atoms with Crippen LogP contribution in [0, 0.1) is 11.8 Å². The lowest BCUT2D eigenvalue weighted by Crippen LogP contribution is -2.43. The van der Waals surface area contributed by atoms with E-state index in [4.69, 9.17) is 14.2 Å². The van der Waals surface area contributed by atoms with Crippen LogP contribution in [0.1, 0.15) is 71.8 Å². The number of rotatable bonds is 9. The Labute approximate surface area is 207 Å². The second kappa shape index (κ2) is 11.6. The van der Waals surface area contributed by atoms with Crippen LogP contribution in [-0.4, -0.2) is 37.5 Å². The van der Waals surface area contributed by atoms with E-state index in [1.165, 1.54) is 7.11 Å². The first-order chi connectivity index (χ1) is 16.7. The van der Waals surface area contributed by atoms with Crippen molar-refractivity contribution in [3.8, 4) is 5.75 Å². The van der Waals surface area contributed by atoms with Crippen LogP contribution >= 0.6 is 0 Å². The minimum Gasteiger partial charge on any atom is -0.493 e. The van der Waals surface area contributed by atoms with Crippen LogP contribution in [0.5, 0.6) is 5.75 Å². The summed E-state index contributed by atoms with van der Waals surface area (Å²) in [5.41, 5.74) is 2.85. The molecule has 4 atom stereocenters. The van der Waals surface area contributed by atoms with Gasteiger partial charge in [-0.05, 0) is 45.1 Å². The summed E-state index contributed by atoms with van der Waals surface area (Å²) in [6.07, 6.45) is 2.74. The molecule has 0 amide bonds. The van der Waals surface area contributed by atoms with Gasteiger partial charge in [-0.3, -0.25) is 9.59 Å². The van der Waals surface area contributed by atoms with E-state index in [0.717, 1.165) is 18.5 Å². The standard InChI is InChI=1S/C28H37NO6/c1-7-9-14-34-21-13-11-10-12-19(21)24-23(28(32)35-17(4)8-2)18(5)29-20-15-16(3)22(27(31)33-6)26(30)25(20)24/h10-13,16-17,22,24,29H,7-9,14-15H2,1-6H3/t16-,17-,22+,24-/m1/s1. The van der Waals surface area contributed by atoms with Gasteiger partial charge in [-0.1, -0.05) is 45.4 Å². The smallest absolute Gasteiger partial charge is 0.337 e. The Morgan fingerprint density at radius 2 is 1.91 bits per heavy atom. The van der Waals surface area contributed by atoms with Gasteiger partial charge in [0, 0.05) is 22.5 Å². The van der Waals surface area contributed by atoms with Gasteiger partial charge in [-0.15, -0.1) is 0 Å². The summed E-state index contributed by atoms with van der Waals surface area (Å²) < 4.78 is 16.8. The van der Waals surface area contributed by atoms with Crippen molar-refractivity contribution in [2.24, 2.45) is 11.8 Å². The van der Waals surface area contributed by atoms with Crippen molar-refractivity contribution in [3.63, 3.8) is 0 Å². The Morgan fingerprint density at radius 3 is 2.57 bits per heavy atom. The summed E-state index contributed by atoms with van der Waals surface area (Å²) in [6, 6.07) is 7.47. The molecule has 1 aliphatic heterocycles. The van der Waals surface area contributed by atoms with Crippen LogP contribution in [0.2, 0.25) is 0 Å². The molecule has 0 saturated carbocycles. The number of esters is 2. The number of carbonyl (C=O) groups is 3. The molecule has 1 N–H and O–H groups in total. The fourth-order valence-corrected chi connectivity index (χ4v) is 4.77. The third kappa shape index (κ3) is 5.44. The summed E-state index contributed by atoms with van der Waals surface area (Å²) >= 11 is 0. The number of Topliss-reactive ketones (excluding diaryl/α,β-unsaturated/α-hetero) is 1. The molecule has 1 aromatic carbocycles. The van der Waals surface area contributed by atoms with Crippen LogP contribution in [-0.2, 0) is 23.9 Å². The predicted molar refractivity (Wildman–Crippen MR) is 133 cm³/mol. The number of para-hydroxylation sites is 1. The van der Waals surface area contributed by atoms with Crippen molar-refractivity contribution >= 4 is 17.7 Å². The van der Waals surface area contributed by atoms with Gasteiger partial charge in [-0.2, -0.15) is 0 Å². The maximum absolute atomic E-state index is 13.9. The van der Waals surface area contributed by atoms with Gasteiger partial charge < -0.3 is 19.5 Å². The number of unbranched alkanes of at least 4 members (excludes halogenated alkanes) is 1. The Kier molecular flexibility index (Phi) is 8.76. The number of carbonyl (C=O) groups excluding carboxylic acids is 3. The number of benzene rings is 1. The first-order valence-corrected chi connectivity index (χ1v) is 12.5. The van der Waals surface area contributed by atoms with Crippen molar-refractivity contribution in [1.82, 2.24) is 5.32 Å². The molecule has 1 heterocycles. The average Bonchev–Trinajstić information content (AvgIpc) is 2.83. The average molecular weight is 484 g/mol. The lowest BCUT2D eigenvalue weighted by atomic mass is 9.69. The largest absolute Gasteiger partial charge is 0.493 e. The molecule has 0 aromatic heterocycles. The second-order valence-corrected chi connectivity index (χ2v) is 9.40. The lowest BCUT2D eigenvalue weighted by molar-refractivity contribution is -0.151. The molecule has 3 rings (SSSR count). The molecule has 1 aliphatic carbocycles. The highest BCUT2D eigenvalue weighted by Gasteiger charge is 2.48. The van der Waals surface area contributed by atoms with Crippen molar-refractivity contribution in [2.75, 3.05) is 13.7 Å². The molecular weight excluding hydrogens is 446 g/mol. The molecule has 0 fully saturated rings. The Morgan fingerprint density at radius 1 is 1.20 bits per heavy atom. The lowest BCUT2D eigenvalue weighted by Gasteiger charge is -2.38. The van der Waals surface area contributed by atoms with Crippen LogP contribution in [0.25, 0.3) is 0 Å². The SMILES string of the molecule is CCCCOc1ccccc1[C@@H]1C(C(=O)O[C@H](C)CC)=C(C)NC2=C1C(=O)[C@@H](C(=O)OC)[C@H](C)C2. The Hall–Kier alpha value is -3.09. The predicted octanol–water partition coefficient (Wildman–Crippen LogP) is 4.82. The Bertz CT molecular complexity index is 1040. The summed E-state index contributed by atoms with van der Waals surface area (Å²) in [5.74, 6) is -2.63.